The van der Waals surface area contributed by atoms with Crippen molar-refractivity contribution in [3.63, 3.8) is 0 Å². The van der Waals surface area contributed by atoms with Gasteiger partial charge in [0.1, 0.15) is 19.3 Å². The van der Waals surface area contributed by atoms with Gasteiger partial charge in [0, 0.05) is 11.8 Å². The number of nitrogens with zero attached hydrogens (tertiary/aromatic N) is 1. The number of hydrogen-bond donors (Lipinski definition) is 1. The molecule has 2 aromatic carbocycles. The second kappa shape index (κ2) is 5.54. The zero-order chi connectivity index (χ0) is 13.8. The molecular formula is C16H14N2O2. The van der Waals surface area contributed by atoms with Crippen LogP contribution in [0.1, 0.15) is 11.6 Å². The maximum Gasteiger partial charge on any atom is 0.163 e. The maximum atomic E-state index is 9.31. The number of nitriles is 1. The molecule has 1 atom stereocenters. The summed E-state index contributed by atoms with van der Waals surface area (Å²) in [5.41, 5.74) is 1.77. The van der Waals surface area contributed by atoms with Gasteiger partial charge in [-0.1, -0.05) is 30.3 Å². The highest BCUT2D eigenvalue weighted by Crippen LogP contribution is 2.33. The summed E-state index contributed by atoms with van der Waals surface area (Å²) in [6.45, 7) is 1.13. The Labute approximate surface area is 117 Å². The van der Waals surface area contributed by atoms with Gasteiger partial charge in [-0.3, -0.25) is 0 Å². The Morgan fingerprint density at radius 1 is 1.00 bits per heavy atom. The standard InChI is InChI=1S/C16H14N2O2/c17-11-14(12-4-2-1-3-5-12)18-13-6-7-15-16(10-13)20-9-8-19-15/h1-7,10,14,18H,8-9H2. The lowest BCUT2D eigenvalue weighted by Crippen LogP contribution is -2.15. The van der Waals surface area contributed by atoms with E-state index in [1.165, 1.54) is 0 Å². The molecule has 1 N–H and O–H groups in total. The van der Waals surface area contributed by atoms with E-state index in [1.54, 1.807) is 0 Å². The summed E-state index contributed by atoms with van der Waals surface area (Å²) in [6, 6.07) is 17.1. The van der Waals surface area contributed by atoms with E-state index < -0.39 is 6.04 Å². The quantitative estimate of drug-likeness (QED) is 0.927. The number of fused-ring (bicyclic) bond motifs is 1. The van der Waals surface area contributed by atoms with Crippen molar-refractivity contribution in [2.24, 2.45) is 0 Å². The van der Waals surface area contributed by atoms with Crippen LogP contribution < -0.4 is 14.8 Å². The molecule has 0 spiro atoms. The molecule has 1 aliphatic rings. The third-order valence-corrected chi connectivity index (χ3v) is 3.12. The largest absolute Gasteiger partial charge is 0.486 e. The topological polar surface area (TPSA) is 54.3 Å². The van der Waals surface area contributed by atoms with Crippen molar-refractivity contribution in [1.82, 2.24) is 0 Å². The van der Waals surface area contributed by atoms with Crippen molar-refractivity contribution in [2.75, 3.05) is 18.5 Å². The lowest BCUT2D eigenvalue weighted by atomic mass is 10.1. The predicted octanol–water partition coefficient (Wildman–Crippen LogP) is 3.13. The molecule has 0 fully saturated rings. The molecule has 0 aromatic heterocycles. The lowest BCUT2D eigenvalue weighted by Gasteiger charge is -2.20. The fraction of sp³-hybridized carbons (Fsp3) is 0.188. The van der Waals surface area contributed by atoms with Crippen molar-refractivity contribution < 1.29 is 9.47 Å². The van der Waals surface area contributed by atoms with E-state index in [0.717, 1.165) is 17.0 Å². The van der Waals surface area contributed by atoms with E-state index in [9.17, 15) is 5.26 Å². The van der Waals surface area contributed by atoms with E-state index >= 15 is 0 Å². The van der Waals surface area contributed by atoms with Gasteiger partial charge in [0.2, 0.25) is 0 Å². The van der Waals surface area contributed by atoms with Gasteiger partial charge < -0.3 is 14.8 Å². The Morgan fingerprint density at radius 2 is 1.75 bits per heavy atom. The summed E-state index contributed by atoms with van der Waals surface area (Å²) in [6.07, 6.45) is 0. The number of rotatable bonds is 3. The summed E-state index contributed by atoms with van der Waals surface area (Å²) in [5, 5.41) is 12.5. The highest BCUT2D eigenvalue weighted by molar-refractivity contribution is 5.56. The first-order valence-electron chi connectivity index (χ1n) is 6.47. The van der Waals surface area contributed by atoms with Gasteiger partial charge in [0.25, 0.3) is 0 Å². The second-order valence-corrected chi connectivity index (χ2v) is 4.48. The average molecular weight is 266 g/mol. The third-order valence-electron chi connectivity index (χ3n) is 3.12. The van der Waals surface area contributed by atoms with Crippen LogP contribution in [0.25, 0.3) is 0 Å². The van der Waals surface area contributed by atoms with Crippen LogP contribution >= 0.6 is 0 Å². The maximum absolute atomic E-state index is 9.31. The Hall–Kier alpha value is -2.67. The van der Waals surface area contributed by atoms with E-state index in [0.29, 0.717) is 19.0 Å². The van der Waals surface area contributed by atoms with E-state index in [2.05, 4.69) is 11.4 Å². The third kappa shape index (κ3) is 2.52. The number of hydrogen-bond acceptors (Lipinski definition) is 4. The van der Waals surface area contributed by atoms with Crippen LogP contribution in [-0.2, 0) is 0 Å². The molecule has 100 valence electrons. The van der Waals surface area contributed by atoms with Crippen molar-refractivity contribution in [2.45, 2.75) is 6.04 Å². The zero-order valence-electron chi connectivity index (χ0n) is 10.9. The highest BCUT2D eigenvalue weighted by Gasteiger charge is 2.14. The smallest absolute Gasteiger partial charge is 0.163 e. The Morgan fingerprint density at radius 3 is 2.50 bits per heavy atom. The normalized spacial score (nSPS) is 14.2. The van der Waals surface area contributed by atoms with E-state index in [-0.39, 0.29) is 0 Å². The molecule has 1 heterocycles. The molecule has 1 unspecified atom stereocenters. The molecule has 20 heavy (non-hydrogen) atoms. The zero-order valence-corrected chi connectivity index (χ0v) is 10.9. The lowest BCUT2D eigenvalue weighted by molar-refractivity contribution is 0.171. The fourth-order valence-corrected chi connectivity index (χ4v) is 2.14. The van der Waals surface area contributed by atoms with Crippen molar-refractivity contribution in [3.05, 3.63) is 54.1 Å². The van der Waals surface area contributed by atoms with Gasteiger partial charge in [-0.2, -0.15) is 5.26 Å². The Balaban J connectivity index is 1.82. The van der Waals surface area contributed by atoms with Crippen LogP contribution in [0.4, 0.5) is 5.69 Å². The molecule has 0 saturated heterocycles. The highest BCUT2D eigenvalue weighted by atomic mass is 16.6. The van der Waals surface area contributed by atoms with Crippen LogP contribution in [0.2, 0.25) is 0 Å². The van der Waals surface area contributed by atoms with Gasteiger partial charge >= 0.3 is 0 Å². The molecule has 0 aliphatic carbocycles. The van der Waals surface area contributed by atoms with Gasteiger partial charge in [-0.05, 0) is 17.7 Å². The first kappa shape index (κ1) is 12.4. The number of ether oxygens (including phenoxy) is 2. The molecule has 0 radical (unpaired) electrons. The predicted molar refractivity (Wildman–Crippen MR) is 75.9 cm³/mol. The SMILES string of the molecule is N#CC(Nc1ccc2c(c1)OCCO2)c1ccccc1. The second-order valence-electron chi connectivity index (χ2n) is 4.48. The molecule has 4 nitrogen and oxygen atoms in total. The monoisotopic (exact) mass is 266 g/mol. The fourth-order valence-electron chi connectivity index (χ4n) is 2.14. The number of anilines is 1. The van der Waals surface area contributed by atoms with Gasteiger partial charge in [0.15, 0.2) is 11.5 Å². The molecule has 2 aromatic rings. The molecular weight excluding hydrogens is 252 g/mol. The minimum absolute atomic E-state index is 0.390. The Bertz CT molecular complexity index is 635. The number of nitrogens with one attached hydrogen (secondary N) is 1. The van der Waals surface area contributed by atoms with Crippen molar-refractivity contribution in [1.29, 1.82) is 5.26 Å². The molecule has 0 saturated carbocycles. The van der Waals surface area contributed by atoms with Gasteiger partial charge in [-0.25, -0.2) is 0 Å². The van der Waals surface area contributed by atoms with Gasteiger partial charge in [0.05, 0.1) is 6.07 Å². The van der Waals surface area contributed by atoms with E-state index in [1.807, 2.05) is 48.5 Å². The first-order valence-corrected chi connectivity index (χ1v) is 6.47. The molecule has 4 heteroatoms. The summed E-state index contributed by atoms with van der Waals surface area (Å²) < 4.78 is 11.0. The minimum atomic E-state index is -0.390. The Kier molecular flexibility index (Phi) is 3.42. The van der Waals surface area contributed by atoms with E-state index in [4.69, 9.17) is 9.47 Å². The van der Waals surface area contributed by atoms with Crippen LogP contribution in [0, 0.1) is 11.3 Å². The van der Waals surface area contributed by atoms with Crippen LogP contribution in [0.15, 0.2) is 48.5 Å². The minimum Gasteiger partial charge on any atom is -0.486 e. The summed E-state index contributed by atoms with van der Waals surface area (Å²) in [5.74, 6) is 1.46. The average Bonchev–Trinajstić information content (AvgIpc) is 2.53. The summed E-state index contributed by atoms with van der Waals surface area (Å²) in [7, 11) is 0. The van der Waals surface area contributed by atoms with Crippen molar-refractivity contribution >= 4 is 5.69 Å². The first-order chi connectivity index (χ1) is 9.86. The van der Waals surface area contributed by atoms with Crippen LogP contribution in [0.5, 0.6) is 11.5 Å². The summed E-state index contributed by atoms with van der Waals surface area (Å²) in [4.78, 5) is 0. The molecule has 3 rings (SSSR count). The molecule has 0 bridgehead atoms. The summed E-state index contributed by atoms with van der Waals surface area (Å²) >= 11 is 0. The van der Waals surface area contributed by atoms with Crippen molar-refractivity contribution in [3.8, 4) is 17.6 Å². The number of benzene rings is 2. The molecule has 1 aliphatic heterocycles. The van der Waals surface area contributed by atoms with Crippen LogP contribution in [0.3, 0.4) is 0 Å². The molecule has 0 amide bonds. The van der Waals surface area contributed by atoms with Crippen LogP contribution in [-0.4, -0.2) is 13.2 Å². The van der Waals surface area contributed by atoms with Gasteiger partial charge in [-0.15, -0.1) is 0 Å².